The number of ether oxygens (including phenoxy) is 1. The predicted octanol–water partition coefficient (Wildman–Crippen LogP) is 4.92. The van der Waals surface area contributed by atoms with Crippen molar-refractivity contribution in [2.24, 2.45) is 0 Å². The van der Waals surface area contributed by atoms with E-state index in [1.807, 2.05) is 0 Å². The first-order valence-electron chi connectivity index (χ1n) is 7.50. The third kappa shape index (κ3) is 5.27. The van der Waals surface area contributed by atoms with Gasteiger partial charge in [0.25, 0.3) is 5.69 Å². The molecule has 9 heteroatoms. The lowest BCUT2D eigenvalue weighted by Crippen LogP contribution is -2.13. The maximum Gasteiger partial charge on any atom is 0.338 e. The van der Waals surface area contributed by atoms with E-state index in [0.717, 1.165) is 4.90 Å². The summed E-state index contributed by atoms with van der Waals surface area (Å²) < 4.78 is 5.18. The Hall–Kier alpha value is -1.96. The number of carbonyl (C=O) groups is 1. The van der Waals surface area contributed by atoms with E-state index < -0.39 is 10.9 Å². The van der Waals surface area contributed by atoms with Crippen LogP contribution in [0, 0.1) is 10.1 Å². The highest BCUT2D eigenvalue weighted by molar-refractivity contribution is 7.99. The van der Waals surface area contributed by atoms with E-state index >= 15 is 0 Å². The summed E-state index contributed by atoms with van der Waals surface area (Å²) in [5, 5.41) is 12.3. The monoisotopic (exact) mass is 414 g/mol. The SMILES string of the molecule is CN(C)c1ccc(C(=O)OCCSc2cc(Cl)ccc2Cl)cc1[N+](=O)[O-]. The maximum absolute atomic E-state index is 12.1. The first-order chi connectivity index (χ1) is 12.3. The molecule has 6 nitrogen and oxygen atoms in total. The van der Waals surface area contributed by atoms with Crippen LogP contribution in [0.2, 0.25) is 10.0 Å². The van der Waals surface area contributed by atoms with E-state index in [4.69, 9.17) is 27.9 Å². The number of hydrogen-bond acceptors (Lipinski definition) is 6. The number of hydrogen-bond donors (Lipinski definition) is 0. The van der Waals surface area contributed by atoms with Crippen molar-refractivity contribution in [3.05, 3.63) is 62.1 Å². The highest BCUT2D eigenvalue weighted by Gasteiger charge is 2.19. The molecule has 2 rings (SSSR count). The van der Waals surface area contributed by atoms with E-state index in [0.29, 0.717) is 21.5 Å². The molecule has 0 saturated carbocycles. The molecule has 0 aliphatic rings. The summed E-state index contributed by atoms with van der Waals surface area (Å²) in [6, 6.07) is 9.38. The Labute approximate surface area is 165 Å². The topological polar surface area (TPSA) is 72.7 Å². The maximum atomic E-state index is 12.1. The largest absolute Gasteiger partial charge is 0.461 e. The zero-order valence-electron chi connectivity index (χ0n) is 14.1. The van der Waals surface area contributed by atoms with Crippen LogP contribution in [-0.4, -0.2) is 37.3 Å². The van der Waals surface area contributed by atoms with Crippen molar-refractivity contribution < 1.29 is 14.5 Å². The van der Waals surface area contributed by atoms with Gasteiger partial charge in [0.15, 0.2) is 0 Å². The highest BCUT2D eigenvalue weighted by Crippen LogP contribution is 2.30. The average molecular weight is 415 g/mol. The van der Waals surface area contributed by atoms with Crippen LogP contribution in [0.3, 0.4) is 0 Å². The Morgan fingerprint density at radius 1 is 1.23 bits per heavy atom. The van der Waals surface area contributed by atoms with Crippen molar-refractivity contribution in [2.45, 2.75) is 4.90 Å². The van der Waals surface area contributed by atoms with Crippen LogP contribution in [0.15, 0.2) is 41.3 Å². The third-order valence-electron chi connectivity index (χ3n) is 3.36. The summed E-state index contributed by atoms with van der Waals surface area (Å²) in [4.78, 5) is 25.2. The summed E-state index contributed by atoms with van der Waals surface area (Å²) in [6.07, 6.45) is 0. The second-order valence-electron chi connectivity index (χ2n) is 5.41. The molecule has 0 aliphatic heterocycles. The number of nitrogens with zero attached hydrogens (tertiary/aromatic N) is 2. The molecule has 2 aromatic rings. The van der Waals surface area contributed by atoms with E-state index in [2.05, 4.69) is 0 Å². The summed E-state index contributed by atoms with van der Waals surface area (Å²) in [5.41, 5.74) is 0.398. The molecule has 26 heavy (non-hydrogen) atoms. The van der Waals surface area contributed by atoms with E-state index in [1.54, 1.807) is 37.2 Å². The molecule has 0 unspecified atom stereocenters. The Morgan fingerprint density at radius 2 is 1.96 bits per heavy atom. The molecule has 0 fully saturated rings. The number of halogens is 2. The number of rotatable bonds is 7. The van der Waals surface area contributed by atoms with Gasteiger partial charge in [-0.3, -0.25) is 10.1 Å². The molecule has 0 atom stereocenters. The lowest BCUT2D eigenvalue weighted by molar-refractivity contribution is -0.384. The molecule has 0 amide bonds. The molecular weight excluding hydrogens is 399 g/mol. The standard InChI is InChI=1S/C17H16Cl2N2O4S/c1-20(2)14-6-3-11(9-15(14)21(23)24)17(22)25-7-8-26-16-10-12(18)4-5-13(16)19/h3-6,9-10H,7-8H2,1-2H3. The second kappa shape index (κ2) is 9.12. The Morgan fingerprint density at radius 3 is 2.62 bits per heavy atom. The van der Waals surface area contributed by atoms with Crippen LogP contribution >= 0.6 is 35.0 Å². The lowest BCUT2D eigenvalue weighted by atomic mass is 10.1. The Kier molecular flexibility index (Phi) is 7.14. The summed E-state index contributed by atoms with van der Waals surface area (Å²) in [6.45, 7) is 0.134. The van der Waals surface area contributed by atoms with Crippen LogP contribution in [0.25, 0.3) is 0 Å². The number of thioether (sulfide) groups is 1. The Balaban J connectivity index is 1.96. The zero-order valence-corrected chi connectivity index (χ0v) is 16.4. The van der Waals surface area contributed by atoms with Crippen LogP contribution in [-0.2, 0) is 4.74 Å². The van der Waals surface area contributed by atoms with Crippen molar-refractivity contribution in [1.82, 2.24) is 0 Å². The number of carbonyl (C=O) groups excluding carboxylic acids is 1. The minimum atomic E-state index is -0.615. The van der Waals surface area contributed by atoms with Crippen LogP contribution in [0.1, 0.15) is 10.4 Å². The van der Waals surface area contributed by atoms with Gasteiger partial charge in [0.2, 0.25) is 0 Å². The average Bonchev–Trinajstić information content (AvgIpc) is 2.60. The summed E-state index contributed by atoms with van der Waals surface area (Å²) in [7, 11) is 3.39. The highest BCUT2D eigenvalue weighted by atomic mass is 35.5. The van der Waals surface area contributed by atoms with Gasteiger partial charge in [-0.05, 0) is 30.3 Å². The van der Waals surface area contributed by atoms with Crippen molar-refractivity contribution in [1.29, 1.82) is 0 Å². The van der Waals surface area contributed by atoms with Gasteiger partial charge in [-0.25, -0.2) is 4.79 Å². The summed E-state index contributed by atoms with van der Waals surface area (Å²) in [5.74, 6) is -0.139. The van der Waals surface area contributed by atoms with Crippen molar-refractivity contribution in [2.75, 3.05) is 31.4 Å². The van der Waals surface area contributed by atoms with E-state index in [9.17, 15) is 14.9 Å². The third-order valence-corrected chi connectivity index (χ3v) is 5.05. The van der Waals surface area contributed by atoms with Gasteiger partial charge in [0.1, 0.15) is 12.3 Å². The minimum absolute atomic E-state index is 0.132. The van der Waals surface area contributed by atoms with E-state index in [1.165, 1.54) is 30.0 Å². The predicted molar refractivity (Wildman–Crippen MR) is 105 cm³/mol. The van der Waals surface area contributed by atoms with E-state index in [-0.39, 0.29) is 17.9 Å². The van der Waals surface area contributed by atoms with Gasteiger partial charge < -0.3 is 9.64 Å². The van der Waals surface area contributed by atoms with Crippen molar-refractivity contribution in [3.63, 3.8) is 0 Å². The molecule has 0 heterocycles. The molecule has 138 valence electrons. The van der Waals surface area contributed by atoms with Crippen LogP contribution in [0.4, 0.5) is 11.4 Å². The number of anilines is 1. The first kappa shape index (κ1) is 20.4. The Bertz CT molecular complexity index is 830. The van der Waals surface area contributed by atoms with Gasteiger partial charge in [0.05, 0.1) is 15.5 Å². The minimum Gasteiger partial charge on any atom is -0.461 e. The van der Waals surface area contributed by atoms with Crippen molar-refractivity contribution >= 4 is 52.3 Å². The molecule has 2 aromatic carbocycles. The zero-order chi connectivity index (χ0) is 19.3. The van der Waals surface area contributed by atoms with Gasteiger partial charge in [-0.1, -0.05) is 23.2 Å². The lowest BCUT2D eigenvalue weighted by Gasteiger charge is -2.13. The summed E-state index contributed by atoms with van der Waals surface area (Å²) >= 11 is 13.4. The molecule has 0 N–H and O–H groups in total. The second-order valence-corrected chi connectivity index (χ2v) is 7.39. The molecule has 0 aromatic heterocycles. The normalized spacial score (nSPS) is 10.5. The molecule has 0 bridgehead atoms. The van der Waals surface area contributed by atoms with Crippen LogP contribution < -0.4 is 4.90 Å². The van der Waals surface area contributed by atoms with Gasteiger partial charge in [0, 0.05) is 35.8 Å². The fourth-order valence-corrected chi connectivity index (χ4v) is 3.45. The van der Waals surface area contributed by atoms with Gasteiger partial charge >= 0.3 is 5.97 Å². The molecular formula is C17H16Cl2N2O4S. The van der Waals surface area contributed by atoms with Crippen LogP contribution in [0.5, 0.6) is 0 Å². The van der Waals surface area contributed by atoms with Gasteiger partial charge in [-0.2, -0.15) is 0 Å². The smallest absolute Gasteiger partial charge is 0.338 e. The number of nitro groups is 1. The van der Waals surface area contributed by atoms with Crippen molar-refractivity contribution in [3.8, 4) is 0 Å². The fraction of sp³-hybridized carbons (Fsp3) is 0.235. The van der Waals surface area contributed by atoms with Gasteiger partial charge in [-0.15, -0.1) is 11.8 Å². The molecule has 0 saturated heterocycles. The number of benzene rings is 2. The fourth-order valence-electron chi connectivity index (χ4n) is 2.13. The molecule has 0 aliphatic carbocycles. The quantitative estimate of drug-likeness (QED) is 0.210. The number of esters is 1. The first-order valence-corrected chi connectivity index (χ1v) is 9.24. The molecule has 0 spiro atoms. The number of nitro benzene ring substituents is 1. The molecule has 0 radical (unpaired) electrons.